The van der Waals surface area contributed by atoms with Gasteiger partial charge in [-0.1, -0.05) is 47.1 Å². The Morgan fingerprint density at radius 3 is 2.66 bits per heavy atom. The van der Waals surface area contributed by atoms with E-state index in [9.17, 15) is 4.79 Å². The van der Waals surface area contributed by atoms with Gasteiger partial charge in [0.15, 0.2) is 0 Å². The molecule has 0 saturated heterocycles. The van der Waals surface area contributed by atoms with Crippen LogP contribution in [0.25, 0.3) is 11.0 Å². The molecule has 0 aliphatic heterocycles. The zero-order valence-corrected chi connectivity index (χ0v) is 21.1. The van der Waals surface area contributed by atoms with Crippen LogP contribution in [0.3, 0.4) is 0 Å². The number of carbonyl (C=O) groups is 1. The number of rotatable bonds is 3. The van der Waals surface area contributed by atoms with E-state index in [-0.39, 0.29) is 11.3 Å². The minimum absolute atomic E-state index is 0.242. The third-order valence-electron chi connectivity index (χ3n) is 10.9. The summed E-state index contributed by atoms with van der Waals surface area (Å²) < 4.78 is 2.23. The van der Waals surface area contributed by atoms with E-state index in [0.29, 0.717) is 22.6 Å². The topological polar surface area (TPSA) is 47.8 Å². The molecule has 4 saturated carbocycles. The van der Waals surface area contributed by atoms with Gasteiger partial charge in [-0.05, 0) is 104 Å². The highest BCUT2D eigenvalue weighted by atomic mass is 79.9. The number of halogens is 1. The van der Waals surface area contributed by atoms with Crippen molar-refractivity contribution in [3.8, 4) is 0 Å². The van der Waals surface area contributed by atoms with E-state index in [1.165, 1.54) is 56.9 Å². The van der Waals surface area contributed by atoms with Gasteiger partial charge in [-0.25, -0.2) is 4.68 Å². The monoisotopic (exact) mass is 497 g/mol. The van der Waals surface area contributed by atoms with Gasteiger partial charge in [0.1, 0.15) is 11.3 Å². The Morgan fingerprint density at radius 1 is 1.03 bits per heavy atom. The molecule has 172 valence electrons. The summed E-state index contributed by atoms with van der Waals surface area (Å²) in [4.78, 5) is 12.7. The molecule has 4 nitrogen and oxygen atoms in total. The molecule has 4 fully saturated rings. The summed E-state index contributed by atoms with van der Waals surface area (Å²) in [5, 5.41) is 9.55. The number of para-hydroxylation sites is 1. The summed E-state index contributed by atoms with van der Waals surface area (Å²) in [6.07, 6.45) is 11.5. The lowest BCUT2D eigenvalue weighted by Gasteiger charge is -2.61. The molecule has 4 aliphatic rings. The number of alkyl halides is 1. The maximum Gasteiger partial charge on any atom is 0.147 e. The highest BCUT2D eigenvalue weighted by molar-refractivity contribution is 9.09. The third-order valence-corrected chi connectivity index (χ3v) is 11.4. The predicted octanol–water partition coefficient (Wildman–Crippen LogP) is 6.60. The normalized spacial score (nSPS) is 43.5. The molecule has 0 bridgehead atoms. The second-order valence-electron chi connectivity index (χ2n) is 11.9. The van der Waals surface area contributed by atoms with E-state index < -0.39 is 0 Å². The second-order valence-corrected chi connectivity index (χ2v) is 12.4. The van der Waals surface area contributed by atoms with Crippen molar-refractivity contribution in [3.63, 3.8) is 0 Å². The Morgan fingerprint density at radius 2 is 1.81 bits per heavy atom. The van der Waals surface area contributed by atoms with Crippen LogP contribution in [0.15, 0.2) is 24.3 Å². The van der Waals surface area contributed by atoms with Crippen LogP contribution >= 0.6 is 15.9 Å². The molecule has 0 radical (unpaired) electrons. The molecule has 8 atom stereocenters. The molecular weight excluding hydrogens is 462 g/mol. The highest BCUT2D eigenvalue weighted by Gasteiger charge is 2.61. The number of ketones is 1. The fourth-order valence-electron chi connectivity index (χ4n) is 9.24. The number of hydrogen-bond acceptors (Lipinski definition) is 3. The van der Waals surface area contributed by atoms with Crippen molar-refractivity contribution in [1.82, 2.24) is 15.0 Å². The van der Waals surface area contributed by atoms with E-state index >= 15 is 0 Å². The standard InChI is InChI=1S/C27H36BrN3O/c1-26-13-11-18(31-24-6-4-3-5-23(24)29-30-31)15-17(26)7-8-19-20-9-10-22(25(32)16-28)27(20,2)14-12-21(19)26/h3-6,17-22H,7-16H2,1-2H3/t17-,18-,19-,20-,21-,22+,26-,27-/m0/s1. The lowest BCUT2D eigenvalue weighted by molar-refractivity contribution is -0.134. The van der Waals surface area contributed by atoms with Gasteiger partial charge in [0, 0.05) is 5.92 Å². The van der Waals surface area contributed by atoms with Crippen LogP contribution in [0.1, 0.15) is 77.7 Å². The van der Waals surface area contributed by atoms with E-state index in [1.807, 2.05) is 0 Å². The lowest BCUT2D eigenvalue weighted by Crippen LogP contribution is -2.54. The quantitative estimate of drug-likeness (QED) is 0.449. The van der Waals surface area contributed by atoms with Crippen molar-refractivity contribution >= 4 is 32.7 Å². The number of fused-ring (bicyclic) bond motifs is 6. The first kappa shape index (κ1) is 21.3. The summed E-state index contributed by atoms with van der Waals surface area (Å²) in [6.45, 7) is 5.09. The van der Waals surface area contributed by atoms with Gasteiger partial charge in [-0.15, -0.1) is 5.10 Å². The van der Waals surface area contributed by atoms with Crippen LogP contribution in [0.2, 0.25) is 0 Å². The molecule has 1 heterocycles. The van der Waals surface area contributed by atoms with Gasteiger partial charge in [0.25, 0.3) is 0 Å². The number of benzene rings is 1. The van der Waals surface area contributed by atoms with Crippen molar-refractivity contribution in [2.45, 2.75) is 77.7 Å². The van der Waals surface area contributed by atoms with Crippen molar-refractivity contribution in [1.29, 1.82) is 0 Å². The molecule has 0 spiro atoms. The van der Waals surface area contributed by atoms with Crippen LogP contribution in [0.5, 0.6) is 0 Å². The Hall–Kier alpha value is -1.23. The van der Waals surface area contributed by atoms with Gasteiger partial charge in [-0.2, -0.15) is 0 Å². The smallest absolute Gasteiger partial charge is 0.147 e. The second kappa shape index (κ2) is 7.65. The SMILES string of the molecule is C[C@]12CC[C@H](n3nnc4ccccc43)C[C@@H]1CC[C@@H]1[C@@H]2CC[C@]2(C)[C@@H](C(=O)CBr)CC[C@@H]12. The molecule has 0 N–H and O–H groups in total. The average molecular weight is 499 g/mol. The maximum absolute atomic E-state index is 12.7. The number of hydrogen-bond donors (Lipinski definition) is 0. The Kier molecular flexibility index (Phi) is 5.09. The molecule has 6 rings (SSSR count). The highest BCUT2D eigenvalue weighted by Crippen LogP contribution is 2.68. The molecule has 0 amide bonds. The first-order valence-corrected chi connectivity index (χ1v) is 14.0. The minimum Gasteiger partial charge on any atom is -0.298 e. The predicted molar refractivity (Wildman–Crippen MR) is 131 cm³/mol. The van der Waals surface area contributed by atoms with Gasteiger partial charge in [-0.3, -0.25) is 4.79 Å². The fourth-order valence-corrected chi connectivity index (χ4v) is 9.63. The molecule has 1 aromatic heterocycles. The van der Waals surface area contributed by atoms with Gasteiger partial charge >= 0.3 is 0 Å². The van der Waals surface area contributed by atoms with Crippen LogP contribution in [-0.2, 0) is 4.79 Å². The molecule has 1 aromatic carbocycles. The van der Waals surface area contributed by atoms with Gasteiger partial charge < -0.3 is 0 Å². The van der Waals surface area contributed by atoms with Crippen LogP contribution in [0.4, 0.5) is 0 Å². The van der Waals surface area contributed by atoms with Crippen LogP contribution in [-0.4, -0.2) is 26.1 Å². The molecule has 4 aliphatic carbocycles. The van der Waals surface area contributed by atoms with Crippen molar-refractivity contribution < 1.29 is 4.79 Å². The van der Waals surface area contributed by atoms with E-state index in [1.54, 1.807) is 0 Å². The summed E-state index contributed by atoms with van der Waals surface area (Å²) in [6, 6.07) is 8.89. The Labute approximate surface area is 200 Å². The summed E-state index contributed by atoms with van der Waals surface area (Å²) in [5.41, 5.74) is 2.90. The average Bonchev–Trinajstić information content (AvgIpc) is 3.39. The summed E-state index contributed by atoms with van der Waals surface area (Å²) >= 11 is 3.46. The first-order chi connectivity index (χ1) is 15.5. The fraction of sp³-hybridized carbons (Fsp3) is 0.741. The third kappa shape index (κ3) is 2.95. The van der Waals surface area contributed by atoms with E-state index in [4.69, 9.17) is 0 Å². The van der Waals surface area contributed by atoms with E-state index in [0.717, 1.165) is 35.6 Å². The maximum atomic E-state index is 12.7. The largest absolute Gasteiger partial charge is 0.298 e. The zero-order valence-electron chi connectivity index (χ0n) is 19.5. The molecule has 5 heteroatoms. The summed E-state index contributed by atoms with van der Waals surface area (Å²) in [5.74, 6) is 3.95. The molecule has 0 unspecified atom stereocenters. The van der Waals surface area contributed by atoms with E-state index in [2.05, 4.69) is 69.0 Å². The number of carbonyl (C=O) groups excluding carboxylic acids is 1. The summed E-state index contributed by atoms with van der Waals surface area (Å²) in [7, 11) is 0. The lowest BCUT2D eigenvalue weighted by atomic mass is 9.44. The van der Waals surface area contributed by atoms with Crippen molar-refractivity contribution in [2.75, 3.05) is 5.33 Å². The number of Topliss-reactive ketones (excluding diaryl/α,β-unsaturated/α-hetero) is 1. The first-order valence-electron chi connectivity index (χ1n) is 12.8. The van der Waals surface area contributed by atoms with Crippen molar-refractivity contribution in [2.24, 2.45) is 40.4 Å². The van der Waals surface area contributed by atoms with Gasteiger partial charge in [0.2, 0.25) is 0 Å². The Balaban J connectivity index is 1.24. The zero-order chi connectivity index (χ0) is 22.1. The van der Waals surface area contributed by atoms with Crippen LogP contribution in [0, 0.1) is 40.4 Å². The molecule has 32 heavy (non-hydrogen) atoms. The minimum atomic E-state index is 0.242. The number of aromatic nitrogens is 3. The van der Waals surface area contributed by atoms with Gasteiger partial charge in [0.05, 0.1) is 16.9 Å². The van der Waals surface area contributed by atoms with Crippen LogP contribution < -0.4 is 0 Å². The number of nitrogens with zero attached hydrogens (tertiary/aromatic N) is 3. The Bertz CT molecular complexity index is 1030. The molecular formula is C27H36BrN3O. The molecule has 2 aromatic rings. The van der Waals surface area contributed by atoms with Crippen molar-refractivity contribution in [3.05, 3.63) is 24.3 Å².